The molecule has 0 saturated carbocycles. The highest BCUT2D eigenvalue weighted by Crippen LogP contribution is 2.32. The van der Waals surface area contributed by atoms with E-state index in [-0.39, 0.29) is 0 Å². The molecule has 8 heavy (non-hydrogen) atoms. The fraction of sp³-hybridized carbons (Fsp3) is 1.00. The van der Waals surface area contributed by atoms with Crippen LogP contribution in [0.25, 0.3) is 0 Å². The largest absolute Gasteiger partial charge is 0.292 e. The van der Waals surface area contributed by atoms with Crippen molar-refractivity contribution in [3.8, 4) is 0 Å². The Morgan fingerprint density at radius 3 is 2.38 bits per heavy atom. The van der Waals surface area contributed by atoms with Crippen molar-refractivity contribution in [2.24, 2.45) is 0 Å². The Kier molecular flexibility index (Phi) is 1.82. The molecule has 0 aromatic carbocycles. The third-order valence-electron chi connectivity index (χ3n) is 1.92. The molecule has 1 aliphatic heterocycles. The van der Waals surface area contributed by atoms with Gasteiger partial charge in [0.05, 0.1) is 3.55 Å². The number of alkyl halides is 1. The van der Waals surface area contributed by atoms with Crippen molar-refractivity contribution in [3.05, 3.63) is 0 Å². The summed E-state index contributed by atoms with van der Waals surface area (Å²) in [7, 11) is 2.19. The van der Waals surface area contributed by atoms with E-state index in [4.69, 9.17) is 0 Å². The Morgan fingerprint density at radius 2 is 2.25 bits per heavy atom. The van der Waals surface area contributed by atoms with Crippen molar-refractivity contribution < 1.29 is 0 Å². The van der Waals surface area contributed by atoms with E-state index >= 15 is 0 Å². The van der Waals surface area contributed by atoms with E-state index in [2.05, 4.69) is 41.5 Å². The van der Waals surface area contributed by atoms with Crippen LogP contribution in [-0.4, -0.2) is 22.0 Å². The van der Waals surface area contributed by atoms with Crippen LogP contribution in [0.15, 0.2) is 0 Å². The van der Waals surface area contributed by atoms with Gasteiger partial charge in [0.2, 0.25) is 0 Å². The van der Waals surface area contributed by atoms with Gasteiger partial charge in [0.25, 0.3) is 0 Å². The summed E-state index contributed by atoms with van der Waals surface area (Å²) in [4.78, 5) is 2.41. The first-order valence-electron chi connectivity index (χ1n) is 3.03. The van der Waals surface area contributed by atoms with Gasteiger partial charge >= 0.3 is 0 Å². The van der Waals surface area contributed by atoms with Crippen LogP contribution in [0, 0.1) is 0 Å². The molecule has 0 bridgehead atoms. The van der Waals surface area contributed by atoms with Gasteiger partial charge < -0.3 is 0 Å². The van der Waals surface area contributed by atoms with Crippen LogP contribution in [0.2, 0.25) is 0 Å². The van der Waals surface area contributed by atoms with Gasteiger partial charge in [-0.25, -0.2) is 0 Å². The maximum absolute atomic E-state index is 2.52. The number of rotatable bonds is 0. The molecule has 1 heterocycles. The Labute approximate surface area is 64.6 Å². The monoisotopic (exact) mass is 225 g/mol. The fourth-order valence-corrected chi connectivity index (χ4v) is 1.69. The predicted octanol–water partition coefficient (Wildman–Crippen LogP) is 1.86. The molecule has 0 spiro atoms. The molecule has 0 aromatic rings. The van der Waals surface area contributed by atoms with Crippen molar-refractivity contribution in [3.63, 3.8) is 0 Å². The topological polar surface area (TPSA) is 3.24 Å². The van der Waals surface area contributed by atoms with Gasteiger partial charge in [0.1, 0.15) is 0 Å². The van der Waals surface area contributed by atoms with Crippen LogP contribution >= 0.6 is 22.6 Å². The molecule has 1 fully saturated rings. The smallest absolute Gasteiger partial charge is 0.0699 e. The summed E-state index contributed by atoms with van der Waals surface area (Å²) >= 11 is 2.52. The maximum Gasteiger partial charge on any atom is 0.0699 e. The molecular formula is C6H12IN. The third kappa shape index (κ3) is 1.16. The number of likely N-dealkylation sites (tertiary alicyclic amines) is 1. The Morgan fingerprint density at radius 1 is 1.62 bits per heavy atom. The first kappa shape index (κ1) is 6.81. The molecule has 0 amide bonds. The second-order valence-corrected chi connectivity index (χ2v) is 4.99. The van der Waals surface area contributed by atoms with E-state index in [9.17, 15) is 0 Å². The normalized spacial score (nSPS) is 40.9. The lowest BCUT2D eigenvalue weighted by molar-refractivity contribution is 0.314. The van der Waals surface area contributed by atoms with Gasteiger partial charge in [-0.05, 0) is 33.4 Å². The molecule has 0 aromatic heterocycles. The van der Waals surface area contributed by atoms with Crippen LogP contribution in [0.4, 0.5) is 0 Å². The first-order valence-corrected chi connectivity index (χ1v) is 4.11. The Balaban J connectivity index is 2.54. The molecule has 0 radical (unpaired) electrons. The summed E-state index contributed by atoms with van der Waals surface area (Å²) in [5, 5.41) is 0. The van der Waals surface area contributed by atoms with Crippen LogP contribution in [0.1, 0.15) is 19.8 Å². The number of halogens is 1. The summed E-state index contributed by atoms with van der Waals surface area (Å²) in [5.41, 5.74) is 0. The molecule has 0 aliphatic carbocycles. The van der Waals surface area contributed by atoms with Crippen LogP contribution < -0.4 is 0 Å². The van der Waals surface area contributed by atoms with E-state index in [0.29, 0.717) is 3.55 Å². The summed E-state index contributed by atoms with van der Waals surface area (Å²) < 4.78 is 0.456. The van der Waals surface area contributed by atoms with Gasteiger partial charge in [0.15, 0.2) is 0 Å². The lowest BCUT2D eigenvalue weighted by atomic mass is 10.2. The molecule has 0 N–H and O–H groups in total. The van der Waals surface area contributed by atoms with Gasteiger partial charge in [-0.3, -0.25) is 4.90 Å². The molecule has 48 valence electrons. The highest BCUT2D eigenvalue weighted by molar-refractivity contribution is 14.1. The van der Waals surface area contributed by atoms with E-state index < -0.39 is 0 Å². The zero-order chi connectivity index (χ0) is 6.20. The van der Waals surface area contributed by atoms with E-state index in [1.165, 1.54) is 19.4 Å². The van der Waals surface area contributed by atoms with Gasteiger partial charge in [-0.2, -0.15) is 0 Å². The lowest BCUT2D eigenvalue weighted by Gasteiger charge is -2.24. The van der Waals surface area contributed by atoms with E-state index in [1.54, 1.807) is 0 Å². The summed E-state index contributed by atoms with van der Waals surface area (Å²) in [6.45, 7) is 3.57. The Hall–Kier alpha value is 0.690. The minimum absolute atomic E-state index is 0.456. The molecule has 1 saturated heterocycles. The first-order chi connectivity index (χ1) is 3.63. The molecular weight excluding hydrogens is 213 g/mol. The fourth-order valence-electron chi connectivity index (χ4n) is 1.06. The minimum atomic E-state index is 0.456. The third-order valence-corrected chi connectivity index (χ3v) is 3.29. The highest BCUT2D eigenvalue weighted by atomic mass is 127. The average Bonchev–Trinajstić information content (AvgIpc) is 1.86. The van der Waals surface area contributed by atoms with E-state index in [0.717, 1.165) is 0 Å². The molecule has 1 aliphatic rings. The molecule has 1 atom stereocenters. The van der Waals surface area contributed by atoms with Crippen molar-refractivity contribution in [1.29, 1.82) is 0 Å². The summed E-state index contributed by atoms with van der Waals surface area (Å²) in [6.07, 6.45) is 2.72. The SMILES string of the molecule is CN1CCC[C@@]1(C)I. The van der Waals surface area contributed by atoms with Gasteiger partial charge in [0, 0.05) is 0 Å². The zero-order valence-corrected chi connectivity index (χ0v) is 7.60. The quantitative estimate of drug-likeness (QED) is 0.345. The minimum Gasteiger partial charge on any atom is -0.292 e. The highest BCUT2D eigenvalue weighted by Gasteiger charge is 2.29. The predicted molar refractivity (Wildman–Crippen MR) is 44.3 cm³/mol. The maximum atomic E-state index is 2.52. The summed E-state index contributed by atoms with van der Waals surface area (Å²) in [6, 6.07) is 0. The van der Waals surface area contributed by atoms with Gasteiger partial charge in [-0.15, -0.1) is 0 Å². The molecule has 0 unspecified atom stereocenters. The zero-order valence-electron chi connectivity index (χ0n) is 5.45. The van der Waals surface area contributed by atoms with E-state index in [1.807, 2.05) is 0 Å². The average molecular weight is 225 g/mol. The molecule has 1 rings (SSSR count). The molecule has 1 nitrogen and oxygen atoms in total. The summed E-state index contributed by atoms with van der Waals surface area (Å²) in [5.74, 6) is 0. The van der Waals surface area contributed by atoms with Crippen molar-refractivity contribution >= 4 is 22.6 Å². The Bertz CT molecular complexity index is 90.5. The molecule has 2 heteroatoms. The van der Waals surface area contributed by atoms with Crippen molar-refractivity contribution in [2.75, 3.05) is 13.6 Å². The number of hydrogen-bond donors (Lipinski definition) is 0. The van der Waals surface area contributed by atoms with Crippen molar-refractivity contribution in [2.45, 2.75) is 23.3 Å². The second-order valence-electron chi connectivity index (χ2n) is 2.67. The van der Waals surface area contributed by atoms with Crippen LogP contribution in [-0.2, 0) is 0 Å². The lowest BCUT2D eigenvalue weighted by Crippen LogP contribution is -2.30. The number of hydrogen-bond acceptors (Lipinski definition) is 1. The van der Waals surface area contributed by atoms with Gasteiger partial charge in [-0.1, -0.05) is 22.6 Å². The van der Waals surface area contributed by atoms with Crippen LogP contribution in [0.5, 0.6) is 0 Å². The number of nitrogens with zero attached hydrogens (tertiary/aromatic N) is 1. The standard InChI is InChI=1S/C6H12IN/c1-6(7)4-3-5-8(6)2/h3-5H2,1-2H3/t6-/m0/s1. The van der Waals surface area contributed by atoms with Crippen LogP contribution in [0.3, 0.4) is 0 Å². The van der Waals surface area contributed by atoms with Crippen molar-refractivity contribution in [1.82, 2.24) is 4.90 Å². The second kappa shape index (κ2) is 2.14.